The SMILES string of the molecule is Cc1csc(-c2nc3ncccn3c2-c2ccncc2)c1. The highest BCUT2D eigenvalue weighted by Gasteiger charge is 2.17. The Morgan fingerprint density at radius 1 is 1.14 bits per heavy atom. The van der Waals surface area contributed by atoms with Crippen molar-refractivity contribution in [3.8, 4) is 21.8 Å². The van der Waals surface area contributed by atoms with Crippen LogP contribution in [0.1, 0.15) is 5.56 Å². The van der Waals surface area contributed by atoms with E-state index in [1.807, 2.05) is 28.8 Å². The summed E-state index contributed by atoms with van der Waals surface area (Å²) in [6, 6.07) is 8.08. The minimum absolute atomic E-state index is 0.713. The Morgan fingerprint density at radius 2 is 2.00 bits per heavy atom. The van der Waals surface area contributed by atoms with Gasteiger partial charge in [-0.3, -0.25) is 9.38 Å². The van der Waals surface area contributed by atoms with Crippen LogP contribution in [0.5, 0.6) is 0 Å². The van der Waals surface area contributed by atoms with Crippen molar-refractivity contribution in [3.63, 3.8) is 0 Å². The van der Waals surface area contributed by atoms with Gasteiger partial charge < -0.3 is 0 Å². The van der Waals surface area contributed by atoms with E-state index in [1.165, 1.54) is 5.56 Å². The van der Waals surface area contributed by atoms with Crippen LogP contribution in [0, 0.1) is 6.92 Å². The summed E-state index contributed by atoms with van der Waals surface area (Å²) in [7, 11) is 0. The van der Waals surface area contributed by atoms with Crippen molar-refractivity contribution in [1.82, 2.24) is 19.4 Å². The second-order valence-corrected chi connectivity index (χ2v) is 5.73. The molecule has 0 radical (unpaired) electrons. The van der Waals surface area contributed by atoms with Gasteiger partial charge in [-0.15, -0.1) is 11.3 Å². The molecule has 0 fully saturated rings. The zero-order chi connectivity index (χ0) is 14.2. The summed E-state index contributed by atoms with van der Waals surface area (Å²) < 4.78 is 2.03. The summed E-state index contributed by atoms with van der Waals surface area (Å²) >= 11 is 1.71. The first kappa shape index (κ1) is 12.2. The lowest BCUT2D eigenvalue weighted by Gasteiger charge is -2.03. The van der Waals surface area contributed by atoms with E-state index in [0.717, 1.165) is 21.8 Å². The second kappa shape index (κ2) is 4.79. The number of aryl methyl sites for hydroxylation is 1. The molecule has 0 amide bonds. The molecule has 102 valence electrons. The Balaban J connectivity index is 2.06. The van der Waals surface area contributed by atoms with Crippen molar-refractivity contribution in [2.24, 2.45) is 0 Å². The van der Waals surface area contributed by atoms with Gasteiger partial charge in [0, 0.05) is 30.4 Å². The van der Waals surface area contributed by atoms with Gasteiger partial charge in [0.2, 0.25) is 5.78 Å². The van der Waals surface area contributed by atoms with Crippen LogP contribution in [0.2, 0.25) is 0 Å². The zero-order valence-electron chi connectivity index (χ0n) is 11.4. The maximum Gasteiger partial charge on any atom is 0.234 e. The van der Waals surface area contributed by atoms with Crippen molar-refractivity contribution >= 4 is 17.1 Å². The predicted molar refractivity (Wildman–Crippen MR) is 84.3 cm³/mol. The Morgan fingerprint density at radius 3 is 2.76 bits per heavy atom. The molecule has 4 heterocycles. The van der Waals surface area contributed by atoms with Crippen molar-refractivity contribution in [2.45, 2.75) is 6.92 Å². The van der Waals surface area contributed by atoms with Gasteiger partial charge in [0.1, 0.15) is 5.69 Å². The molecule has 0 saturated carbocycles. The maximum absolute atomic E-state index is 4.71. The highest BCUT2D eigenvalue weighted by atomic mass is 32.1. The van der Waals surface area contributed by atoms with Crippen molar-refractivity contribution in [3.05, 3.63) is 60.0 Å². The topological polar surface area (TPSA) is 43.1 Å². The number of fused-ring (bicyclic) bond motifs is 1. The van der Waals surface area contributed by atoms with E-state index in [-0.39, 0.29) is 0 Å². The average Bonchev–Trinajstić information content (AvgIpc) is 3.11. The second-order valence-electron chi connectivity index (χ2n) is 4.82. The monoisotopic (exact) mass is 292 g/mol. The molecule has 0 spiro atoms. The van der Waals surface area contributed by atoms with E-state index in [4.69, 9.17) is 4.98 Å². The molecular weight excluding hydrogens is 280 g/mol. The molecule has 0 unspecified atom stereocenters. The van der Waals surface area contributed by atoms with Crippen LogP contribution in [0.25, 0.3) is 27.6 Å². The van der Waals surface area contributed by atoms with Crippen LogP contribution in [-0.4, -0.2) is 19.4 Å². The van der Waals surface area contributed by atoms with Crippen LogP contribution in [0.4, 0.5) is 0 Å². The van der Waals surface area contributed by atoms with E-state index in [0.29, 0.717) is 5.78 Å². The summed E-state index contributed by atoms with van der Waals surface area (Å²) in [5, 5.41) is 2.14. The van der Waals surface area contributed by atoms with E-state index >= 15 is 0 Å². The number of hydrogen-bond acceptors (Lipinski definition) is 4. The molecule has 5 heteroatoms. The van der Waals surface area contributed by atoms with E-state index in [2.05, 4.69) is 28.3 Å². The Kier molecular flexibility index (Phi) is 2.79. The summed E-state index contributed by atoms with van der Waals surface area (Å²) in [5.41, 5.74) is 4.37. The van der Waals surface area contributed by atoms with Crippen LogP contribution in [0.3, 0.4) is 0 Å². The summed E-state index contributed by atoms with van der Waals surface area (Å²) in [6.07, 6.45) is 7.36. The molecule has 0 aromatic carbocycles. The zero-order valence-corrected chi connectivity index (χ0v) is 12.2. The molecule has 4 aromatic rings. The molecule has 4 nitrogen and oxygen atoms in total. The van der Waals surface area contributed by atoms with Crippen LogP contribution in [0.15, 0.2) is 54.4 Å². The lowest BCUT2D eigenvalue weighted by molar-refractivity contribution is 1.11. The molecule has 0 saturated heterocycles. The van der Waals surface area contributed by atoms with Crippen LogP contribution >= 0.6 is 11.3 Å². The van der Waals surface area contributed by atoms with Crippen molar-refractivity contribution in [1.29, 1.82) is 0 Å². The Labute approximate surface area is 125 Å². The fourth-order valence-electron chi connectivity index (χ4n) is 2.40. The average molecular weight is 292 g/mol. The number of nitrogens with zero attached hydrogens (tertiary/aromatic N) is 4. The Bertz CT molecular complexity index is 908. The van der Waals surface area contributed by atoms with E-state index in [1.54, 1.807) is 29.9 Å². The number of aromatic nitrogens is 4. The molecule has 0 aliphatic rings. The molecule has 4 rings (SSSR count). The smallest absolute Gasteiger partial charge is 0.234 e. The molecule has 0 N–H and O–H groups in total. The molecule has 21 heavy (non-hydrogen) atoms. The highest BCUT2D eigenvalue weighted by molar-refractivity contribution is 7.13. The normalized spacial score (nSPS) is 11.1. The van der Waals surface area contributed by atoms with E-state index < -0.39 is 0 Å². The third-order valence-electron chi connectivity index (χ3n) is 3.32. The van der Waals surface area contributed by atoms with Gasteiger partial charge in [0.15, 0.2) is 0 Å². The number of imidazole rings is 1. The fourth-order valence-corrected chi connectivity index (χ4v) is 3.29. The standard InChI is InChI=1S/C16H12N4S/c1-11-9-13(21-10-11)14-15(12-3-6-17-7-4-12)20-8-2-5-18-16(20)19-14/h2-10H,1H3. The number of rotatable bonds is 2. The largest absolute Gasteiger partial charge is 0.283 e. The summed E-state index contributed by atoms with van der Waals surface area (Å²) in [4.78, 5) is 14.3. The maximum atomic E-state index is 4.71. The molecule has 0 bridgehead atoms. The Hall–Kier alpha value is -2.53. The van der Waals surface area contributed by atoms with Gasteiger partial charge >= 0.3 is 0 Å². The van der Waals surface area contributed by atoms with Crippen molar-refractivity contribution in [2.75, 3.05) is 0 Å². The molecule has 0 aliphatic carbocycles. The van der Waals surface area contributed by atoms with Gasteiger partial charge in [-0.25, -0.2) is 9.97 Å². The van der Waals surface area contributed by atoms with Crippen LogP contribution in [-0.2, 0) is 0 Å². The molecule has 4 aromatic heterocycles. The number of hydrogen-bond donors (Lipinski definition) is 0. The first-order valence-corrected chi connectivity index (χ1v) is 7.50. The third-order valence-corrected chi connectivity index (χ3v) is 4.38. The molecule has 0 atom stereocenters. The first-order valence-electron chi connectivity index (χ1n) is 6.62. The molecule has 0 aliphatic heterocycles. The quantitative estimate of drug-likeness (QED) is 0.564. The number of pyridine rings is 1. The van der Waals surface area contributed by atoms with Gasteiger partial charge in [-0.2, -0.15) is 0 Å². The summed E-state index contributed by atoms with van der Waals surface area (Å²) in [5.74, 6) is 0.713. The highest BCUT2D eigenvalue weighted by Crippen LogP contribution is 2.35. The summed E-state index contributed by atoms with van der Waals surface area (Å²) in [6.45, 7) is 2.10. The van der Waals surface area contributed by atoms with Gasteiger partial charge in [-0.05, 0) is 42.1 Å². The fraction of sp³-hybridized carbons (Fsp3) is 0.0625. The first-order chi connectivity index (χ1) is 10.3. The van der Waals surface area contributed by atoms with E-state index in [9.17, 15) is 0 Å². The van der Waals surface area contributed by atoms with Crippen molar-refractivity contribution < 1.29 is 0 Å². The van der Waals surface area contributed by atoms with Gasteiger partial charge in [-0.1, -0.05) is 0 Å². The lowest BCUT2D eigenvalue weighted by atomic mass is 10.1. The van der Waals surface area contributed by atoms with Gasteiger partial charge in [0.05, 0.1) is 10.6 Å². The predicted octanol–water partition coefficient (Wildman–Crippen LogP) is 3.83. The third kappa shape index (κ3) is 2.02. The van der Waals surface area contributed by atoms with Crippen LogP contribution < -0.4 is 0 Å². The minimum atomic E-state index is 0.713. The molecular formula is C16H12N4S. The number of thiophene rings is 1. The minimum Gasteiger partial charge on any atom is -0.283 e. The lowest BCUT2D eigenvalue weighted by Crippen LogP contribution is -1.90. The van der Waals surface area contributed by atoms with Gasteiger partial charge in [0.25, 0.3) is 0 Å².